The van der Waals surface area contributed by atoms with Crippen LogP contribution in [0, 0.1) is 0 Å². The van der Waals surface area contributed by atoms with Gasteiger partial charge in [-0.1, -0.05) is 155 Å². The second kappa shape index (κ2) is 40.9. The lowest BCUT2D eigenvalue weighted by molar-refractivity contribution is -0.220. The normalized spacial score (nSPS) is 22.9. The number of carbonyl (C=O) groups is 2. The van der Waals surface area contributed by atoms with Crippen LogP contribution in [0.15, 0.2) is 122 Å². The first-order valence-corrected chi connectivity index (χ1v) is 26.1. The van der Waals surface area contributed by atoms with Crippen molar-refractivity contribution in [2.45, 2.75) is 184 Å². The Hall–Kier alpha value is -3.83. The molecule has 0 aliphatic heterocycles. The van der Waals surface area contributed by atoms with Gasteiger partial charge in [0.05, 0.1) is 18.8 Å². The van der Waals surface area contributed by atoms with Crippen molar-refractivity contribution >= 4 is 19.8 Å². The first-order valence-electron chi connectivity index (χ1n) is 24.6. The Bertz CT molecular complexity index is 1700. The van der Waals surface area contributed by atoms with Crippen LogP contribution in [0.4, 0.5) is 0 Å². The number of rotatable bonds is 38. The van der Waals surface area contributed by atoms with Crippen LogP contribution >= 0.6 is 7.82 Å². The fourth-order valence-corrected chi connectivity index (χ4v) is 7.44. The molecule has 0 saturated heterocycles. The Labute approximate surface area is 410 Å². The monoisotopic (exact) mass is 991 g/mol. The highest BCUT2D eigenvalue weighted by Gasteiger charge is 2.51. The van der Waals surface area contributed by atoms with Gasteiger partial charge in [0.2, 0.25) is 0 Å². The lowest BCUT2D eigenvalue weighted by Crippen LogP contribution is -2.64. The molecular weight excluding hydrogens is 908 g/mol. The van der Waals surface area contributed by atoms with Crippen LogP contribution < -0.4 is 0 Å². The molecule has 0 aromatic heterocycles. The number of allylic oxidation sites excluding steroid dienone is 16. The summed E-state index contributed by atoms with van der Waals surface area (Å²) < 4.78 is 33.4. The zero-order valence-corrected chi connectivity index (χ0v) is 41.7. The number of esters is 2. The van der Waals surface area contributed by atoms with Gasteiger partial charge in [0.15, 0.2) is 6.10 Å². The molecule has 15 nitrogen and oxygen atoms in total. The van der Waals surface area contributed by atoms with Crippen molar-refractivity contribution in [3.05, 3.63) is 122 Å². The number of phosphoric acid groups is 1. The van der Waals surface area contributed by atoms with E-state index in [0.29, 0.717) is 25.7 Å². The molecule has 0 amide bonds. The Kier molecular flexibility index (Phi) is 37.4. The molecule has 8 N–H and O–H groups in total. The average Bonchev–Trinajstić information content (AvgIpc) is 3.32. The molecular formula is C53H83O15P. The first-order chi connectivity index (χ1) is 33.2. The van der Waals surface area contributed by atoms with Crippen LogP contribution in [0.1, 0.15) is 129 Å². The van der Waals surface area contributed by atoms with Crippen molar-refractivity contribution in [3.8, 4) is 0 Å². The molecule has 69 heavy (non-hydrogen) atoms. The number of phosphoric ester groups is 1. The van der Waals surface area contributed by atoms with E-state index in [9.17, 15) is 54.8 Å². The largest absolute Gasteiger partial charge is 0.472 e. The highest BCUT2D eigenvalue weighted by atomic mass is 31.2. The predicted octanol–water partition coefficient (Wildman–Crippen LogP) is 8.11. The summed E-state index contributed by atoms with van der Waals surface area (Å²) >= 11 is 0. The first kappa shape index (κ1) is 63.2. The number of ether oxygens (including phenoxy) is 2. The predicted molar refractivity (Wildman–Crippen MR) is 269 cm³/mol. The van der Waals surface area contributed by atoms with Gasteiger partial charge in [-0.2, -0.15) is 0 Å². The topological polar surface area (TPSA) is 250 Å². The van der Waals surface area contributed by atoms with E-state index < -0.39 is 87.9 Å². The second-order valence-corrected chi connectivity index (χ2v) is 18.0. The minimum absolute atomic E-state index is 0.0833. The van der Waals surface area contributed by atoms with Crippen LogP contribution in [0.3, 0.4) is 0 Å². The number of hydrogen-bond acceptors (Lipinski definition) is 14. The van der Waals surface area contributed by atoms with Gasteiger partial charge in [0.1, 0.15) is 43.2 Å². The second-order valence-electron chi connectivity index (χ2n) is 16.6. The van der Waals surface area contributed by atoms with Crippen molar-refractivity contribution in [2.24, 2.45) is 0 Å². The Morgan fingerprint density at radius 1 is 0.536 bits per heavy atom. The quantitative estimate of drug-likeness (QED) is 0.00957. The van der Waals surface area contributed by atoms with Gasteiger partial charge in [-0.25, -0.2) is 4.57 Å². The number of hydrogen-bond donors (Lipinski definition) is 8. The van der Waals surface area contributed by atoms with E-state index in [1.54, 1.807) is 42.5 Å². The summed E-state index contributed by atoms with van der Waals surface area (Å²) in [6.07, 6.45) is 37.3. The van der Waals surface area contributed by atoms with E-state index >= 15 is 0 Å². The Morgan fingerprint density at radius 3 is 1.55 bits per heavy atom. The van der Waals surface area contributed by atoms with Gasteiger partial charge in [-0.3, -0.25) is 18.6 Å². The van der Waals surface area contributed by atoms with Crippen LogP contribution in [-0.4, -0.2) is 121 Å². The van der Waals surface area contributed by atoms with E-state index in [1.165, 1.54) is 19.3 Å². The molecule has 1 fully saturated rings. The minimum atomic E-state index is -5.19. The van der Waals surface area contributed by atoms with Crippen LogP contribution in [0.2, 0.25) is 0 Å². The van der Waals surface area contributed by atoms with Crippen LogP contribution in [-0.2, 0) is 32.7 Å². The van der Waals surface area contributed by atoms with Crippen molar-refractivity contribution in [2.75, 3.05) is 13.2 Å². The Balaban J connectivity index is 2.58. The van der Waals surface area contributed by atoms with Gasteiger partial charge in [-0.15, -0.1) is 0 Å². The molecule has 1 aliphatic carbocycles. The van der Waals surface area contributed by atoms with Crippen LogP contribution in [0.5, 0.6) is 0 Å². The lowest BCUT2D eigenvalue weighted by Gasteiger charge is -2.41. The summed E-state index contributed by atoms with van der Waals surface area (Å²) in [5.74, 6) is -1.32. The Morgan fingerprint density at radius 2 is 1.01 bits per heavy atom. The van der Waals surface area contributed by atoms with E-state index in [2.05, 4.69) is 55.5 Å². The number of aliphatic hydroxyl groups is 7. The highest BCUT2D eigenvalue weighted by molar-refractivity contribution is 7.47. The number of aliphatic hydroxyl groups excluding tert-OH is 7. The maximum Gasteiger partial charge on any atom is 0.472 e. The third-order valence-electron chi connectivity index (χ3n) is 10.5. The van der Waals surface area contributed by atoms with Crippen molar-refractivity contribution < 1.29 is 73.3 Å². The van der Waals surface area contributed by atoms with Gasteiger partial charge in [-0.05, 0) is 83.5 Å². The summed E-state index contributed by atoms with van der Waals surface area (Å²) in [5, 5.41) is 70.2. The average molecular weight is 991 g/mol. The number of carbonyl (C=O) groups excluding carboxylic acids is 2. The van der Waals surface area contributed by atoms with E-state index in [-0.39, 0.29) is 19.3 Å². The fraction of sp³-hybridized carbons (Fsp3) is 0.585. The summed E-state index contributed by atoms with van der Waals surface area (Å²) in [6, 6.07) is 0. The molecule has 390 valence electrons. The van der Waals surface area contributed by atoms with Gasteiger partial charge in [0.25, 0.3) is 0 Å². The summed E-state index contributed by atoms with van der Waals surface area (Å²) in [7, 11) is -5.19. The van der Waals surface area contributed by atoms with Crippen molar-refractivity contribution in [3.63, 3.8) is 0 Å². The SMILES string of the molecule is CC/C=C\C[C@H](O)/C=C/C=C\C=C\[C@H](O)C/C=C\C/C=C\CCC(=O)O[C@H](COC(=O)CCCCC/C=C\C/C=C\C/C=C\C/C=C\CCCCC)COP(=O)(O)OC1[C@H](O)[C@H](O)C(O)[C@H](O)[C@H]1O. The molecule has 0 spiro atoms. The molecule has 3 unspecified atom stereocenters. The van der Waals surface area contributed by atoms with Crippen LogP contribution in [0.25, 0.3) is 0 Å². The molecule has 10 atom stereocenters. The maximum absolute atomic E-state index is 12.8. The molecule has 16 heteroatoms. The van der Waals surface area contributed by atoms with Crippen molar-refractivity contribution in [1.82, 2.24) is 0 Å². The smallest absolute Gasteiger partial charge is 0.462 e. The molecule has 1 aliphatic rings. The van der Waals surface area contributed by atoms with Gasteiger partial charge in [0, 0.05) is 12.8 Å². The third kappa shape index (κ3) is 33.4. The molecule has 0 bridgehead atoms. The molecule has 1 rings (SSSR count). The summed E-state index contributed by atoms with van der Waals surface area (Å²) in [5.41, 5.74) is 0. The molecule has 1 saturated carbocycles. The van der Waals surface area contributed by atoms with E-state index in [1.807, 2.05) is 37.3 Å². The molecule has 0 heterocycles. The zero-order valence-electron chi connectivity index (χ0n) is 40.8. The van der Waals surface area contributed by atoms with Crippen molar-refractivity contribution in [1.29, 1.82) is 0 Å². The zero-order chi connectivity index (χ0) is 51.0. The van der Waals surface area contributed by atoms with Gasteiger partial charge >= 0.3 is 19.8 Å². The standard InChI is InChI=1S/C53H83O15P/c1-3-5-7-8-9-10-11-12-13-14-15-16-17-18-19-20-21-25-33-39-46(56)65-41-45(42-66-69(63,64)68-53-51(61)49(59)48(58)50(60)52(53)62)67-47(57)40-34-26-23-22-24-30-36-44(55)38-32-28-27-31-37-43(54)35-29-6-4-2/h6,9-10,12-13,15-16,18-19,23-24,26-32,37-38,43-45,48-55,58-62H,3-5,7-8,11,14,17,20-22,25,33-36,39-42H2,1-2H3,(H,63,64)/b10-9-,13-12-,16-15-,19-18-,26-23-,28-27-,29-6-,30-24-,37-31+,38-32+/t43-,44+,45+,48?,49-,50+,51+,52+,53?/m0/s1. The highest BCUT2D eigenvalue weighted by Crippen LogP contribution is 2.47. The van der Waals surface area contributed by atoms with E-state index in [0.717, 1.165) is 51.4 Å². The molecule has 0 aromatic rings. The maximum atomic E-state index is 12.8. The van der Waals surface area contributed by atoms with Gasteiger partial charge < -0.3 is 50.1 Å². The third-order valence-corrected chi connectivity index (χ3v) is 11.5. The summed E-state index contributed by atoms with van der Waals surface area (Å²) in [4.78, 5) is 35.8. The fourth-order valence-electron chi connectivity index (χ4n) is 6.47. The number of unbranched alkanes of at least 4 members (excludes halogenated alkanes) is 6. The molecule has 0 aromatic carbocycles. The lowest BCUT2D eigenvalue weighted by atomic mass is 9.85. The minimum Gasteiger partial charge on any atom is -0.462 e. The summed E-state index contributed by atoms with van der Waals surface area (Å²) in [6.45, 7) is 2.90. The van der Waals surface area contributed by atoms with E-state index in [4.69, 9.17) is 18.5 Å². The molecule has 0 radical (unpaired) electrons.